The van der Waals surface area contributed by atoms with Crippen LogP contribution >= 0.6 is 0 Å². The Balaban J connectivity index is 0.988. The zero-order chi connectivity index (χ0) is 39.9. The van der Waals surface area contributed by atoms with Gasteiger partial charge in [-0.3, -0.25) is 0 Å². The molecule has 10 aromatic rings. The van der Waals surface area contributed by atoms with Crippen LogP contribution in [0.2, 0.25) is 0 Å². The van der Waals surface area contributed by atoms with Crippen LogP contribution in [-0.4, -0.2) is 0 Å². The van der Waals surface area contributed by atoms with Gasteiger partial charge < -0.3 is 4.90 Å². The van der Waals surface area contributed by atoms with E-state index in [1.54, 1.807) is 0 Å². The monoisotopic (exact) mass is 771 g/mol. The second kappa shape index (κ2) is 11.9. The molecule has 2 spiro atoms. The second-order valence-corrected chi connectivity index (χ2v) is 17.1. The Morgan fingerprint density at radius 3 is 1.05 bits per heavy atom. The Bertz CT molecular complexity index is 3390. The smallest absolute Gasteiger partial charge is 0.0726 e. The maximum absolute atomic E-state index is 2.49. The normalized spacial score (nSPS) is 14.5. The molecule has 0 amide bonds. The lowest BCUT2D eigenvalue weighted by molar-refractivity contribution is 0.793. The lowest BCUT2D eigenvalue weighted by Gasteiger charge is -2.32. The molecule has 0 atom stereocenters. The van der Waals surface area contributed by atoms with Crippen molar-refractivity contribution in [2.45, 2.75) is 10.8 Å². The fraction of sp³-hybridized carbons (Fsp3) is 0.0333. The molecule has 0 aromatic heterocycles. The molecule has 14 rings (SSSR count). The van der Waals surface area contributed by atoms with Crippen molar-refractivity contribution in [3.63, 3.8) is 0 Å². The summed E-state index contributed by atoms with van der Waals surface area (Å²) in [6.45, 7) is 0. The van der Waals surface area contributed by atoms with Crippen LogP contribution in [0.5, 0.6) is 0 Å². The molecule has 282 valence electrons. The number of rotatable bonds is 3. The standard InChI is InChI=1S/C60H37N/c1-2-16-40(17-3-1)61(42-32-33-49-47-22-8-14-28-55(47)60(58(49)37-42)53-26-12-6-20-45(53)46-21-7-13-27-54(46)60)41-31-30-38-36-57-50(35-39(38)34-41)48-23-9-15-29-56(48)59(57)51-24-10-4-18-43(51)44-19-5-11-25-52(44)59/h1-37H. The van der Waals surface area contributed by atoms with E-state index in [0.717, 1.165) is 17.1 Å². The first kappa shape index (κ1) is 33.1. The highest BCUT2D eigenvalue weighted by Gasteiger charge is 2.53. The van der Waals surface area contributed by atoms with Crippen molar-refractivity contribution in [2.24, 2.45) is 0 Å². The second-order valence-electron chi connectivity index (χ2n) is 17.1. The van der Waals surface area contributed by atoms with Crippen LogP contribution in [0.4, 0.5) is 17.1 Å². The maximum Gasteiger partial charge on any atom is 0.0726 e. The number of hydrogen-bond donors (Lipinski definition) is 0. The predicted octanol–water partition coefficient (Wildman–Crippen LogP) is 15.0. The minimum absolute atomic E-state index is 0.364. The van der Waals surface area contributed by atoms with Gasteiger partial charge in [-0.2, -0.15) is 0 Å². The zero-order valence-corrected chi connectivity index (χ0v) is 33.3. The van der Waals surface area contributed by atoms with E-state index >= 15 is 0 Å². The molecule has 10 aromatic carbocycles. The van der Waals surface area contributed by atoms with Gasteiger partial charge in [-0.1, -0.05) is 176 Å². The average molecular weight is 772 g/mol. The van der Waals surface area contributed by atoms with Crippen LogP contribution in [0.15, 0.2) is 224 Å². The van der Waals surface area contributed by atoms with Crippen molar-refractivity contribution < 1.29 is 0 Å². The van der Waals surface area contributed by atoms with Gasteiger partial charge in [-0.15, -0.1) is 0 Å². The molecule has 4 aliphatic rings. The Kier molecular flexibility index (Phi) is 6.48. The Hall–Kier alpha value is -7.74. The molecule has 0 saturated carbocycles. The summed E-state index contributed by atoms with van der Waals surface area (Å²) in [6.07, 6.45) is 0. The molecule has 0 aliphatic heterocycles. The number of anilines is 3. The highest BCUT2D eigenvalue weighted by Crippen LogP contribution is 2.65. The summed E-state index contributed by atoms with van der Waals surface area (Å²) in [4.78, 5) is 2.45. The summed E-state index contributed by atoms with van der Waals surface area (Å²) in [5.41, 5.74) is 24.1. The lowest BCUT2D eigenvalue weighted by Crippen LogP contribution is -2.26. The zero-order valence-electron chi connectivity index (χ0n) is 33.3. The van der Waals surface area contributed by atoms with Crippen LogP contribution in [0.3, 0.4) is 0 Å². The molecule has 0 fully saturated rings. The van der Waals surface area contributed by atoms with Gasteiger partial charge in [0, 0.05) is 17.1 Å². The van der Waals surface area contributed by atoms with Gasteiger partial charge in [0.25, 0.3) is 0 Å². The fourth-order valence-electron chi connectivity index (χ4n) is 12.2. The first-order valence-corrected chi connectivity index (χ1v) is 21.4. The fourth-order valence-corrected chi connectivity index (χ4v) is 12.2. The third-order valence-corrected chi connectivity index (χ3v) is 14.4. The molecule has 0 saturated heterocycles. The summed E-state index contributed by atoms with van der Waals surface area (Å²) in [6, 6.07) is 84.5. The van der Waals surface area contributed by atoms with E-state index in [-0.39, 0.29) is 5.41 Å². The van der Waals surface area contributed by atoms with E-state index in [0.29, 0.717) is 0 Å². The largest absolute Gasteiger partial charge is 0.310 e. The summed E-state index contributed by atoms with van der Waals surface area (Å²) >= 11 is 0. The number of para-hydroxylation sites is 1. The summed E-state index contributed by atoms with van der Waals surface area (Å²) in [5.74, 6) is 0. The first-order chi connectivity index (χ1) is 30.3. The maximum atomic E-state index is 2.49. The van der Waals surface area contributed by atoms with Crippen LogP contribution < -0.4 is 4.90 Å². The van der Waals surface area contributed by atoms with E-state index in [2.05, 4.69) is 229 Å². The molecule has 0 N–H and O–H groups in total. The minimum Gasteiger partial charge on any atom is -0.310 e. The average Bonchev–Trinajstić information content (AvgIpc) is 4.00. The Morgan fingerprint density at radius 1 is 0.213 bits per heavy atom. The van der Waals surface area contributed by atoms with E-state index in [9.17, 15) is 0 Å². The predicted molar refractivity (Wildman–Crippen MR) is 251 cm³/mol. The van der Waals surface area contributed by atoms with Crippen molar-refractivity contribution in [3.8, 4) is 44.5 Å². The Labute approximate surface area is 355 Å². The topological polar surface area (TPSA) is 3.24 Å². The van der Waals surface area contributed by atoms with Crippen molar-refractivity contribution in [2.75, 3.05) is 4.90 Å². The van der Waals surface area contributed by atoms with E-state index in [1.165, 1.54) is 99.8 Å². The van der Waals surface area contributed by atoms with Crippen LogP contribution in [0, 0.1) is 0 Å². The van der Waals surface area contributed by atoms with Crippen LogP contribution in [0.25, 0.3) is 55.3 Å². The van der Waals surface area contributed by atoms with Crippen molar-refractivity contribution in [1.82, 2.24) is 0 Å². The quantitative estimate of drug-likeness (QED) is 0.173. The van der Waals surface area contributed by atoms with E-state index in [4.69, 9.17) is 0 Å². The van der Waals surface area contributed by atoms with Gasteiger partial charge in [0.15, 0.2) is 0 Å². The van der Waals surface area contributed by atoms with Crippen LogP contribution in [0.1, 0.15) is 44.5 Å². The molecule has 1 nitrogen and oxygen atoms in total. The highest BCUT2D eigenvalue weighted by molar-refractivity contribution is 6.02. The molecule has 1 heteroatoms. The first-order valence-electron chi connectivity index (χ1n) is 21.4. The number of benzene rings is 10. The molecular weight excluding hydrogens is 735 g/mol. The number of fused-ring (bicyclic) bond motifs is 21. The molecular formula is C60H37N. The minimum atomic E-state index is -0.414. The SMILES string of the molecule is c1ccc(N(c2ccc3c(c2)C2(c4ccccc4-c4ccccc42)c2ccccc2-3)c2ccc3cc4c(cc3c2)-c2ccccc2C42c3ccccc3-c3ccccc32)cc1. The lowest BCUT2D eigenvalue weighted by atomic mass is 9.70. The van der Waals surface area contributed by atoms with Gasteiger partial charge in [0.1, 0.15) is 0 Å². The molecule has 4 aliphatic carbocycles. The van der Waals surface area contributed by atoms with Crippen molar-refractivity contribution in [1.29, 1.82) is 0 Å². The van der Waals surface area contributed by atoms with E-state index in [1.807, 2.05) is 0 Å². The van der Waals surface area contributed by atoms with Gasteiger partial charge in [-0.05, 0) is 148 Å². The molecule has 0 bridgehead atoms. The molecule has 61 heavy (non-hydrogen) atoms. The summed E-state index contributed by atoms with van der Waals surface area (Å²) < 4.78 is 0. The van der Waals surface area contributed by atoms with Crippen molar-refractivity contribution >= 4 is 27.8 Å². The Morgan fingerprint density at radius 2 is 0.574 bits per heavy atom. The van der Waals surface area contributed by atoms with Gasteiger partial charge in [0.2, 0.25) is 0 Å². The third-order valence-electron chi connectivity index (χ3n) is 14.4. The van der Waals surface area contributed by atoms with Gasteiger partial charge in [0.05, 0.1) is 10.8 Å². The highest BCUT2D eigenvalue weighted by atomic mass is 15.1. The third kappa shape index (κ3) is 4.06. The number of nitrogens with zero attached hydrogens (tertiary/aromatic N) is 1. The molecule has 0 unspecified atom stereocenters. The van der Waals surface area contributed by atoms with Crippen molar-refractivity contribution in [3.05, 3.63) is 269 Å². The van der Waals surface area contributed by atoms with E-state index < -0.39 is 5.41 Å². The van der Waals surface area contributed by atoms with Gasteiger partial charge >= 0.3 is 0 Å². The van der Waals surface area contributed by atoms with Gasteiger partial charge in [-0.25, -0.2) is 0 Å². The molecule has 0 radical (unpaired) electrons. The summed E-state index contributed by atoms with van der Waals surface area (Å²) in [7, 11) is 0. The molecule has 0 heterocycles. The number of hydrogen-bond acceptors (Lipinski definition) is 1. The van der Waals surface area contributed by atoms with Crippen LogP contribution in [-0.2, 0) is 10.8 Å². The summed E-state index contributed by atoms with van der Waals surface area (Å²) in [5, 5.41) is 2.47.